The van der Waals surface area contributed by atoms with Crippen LogP contribution in [0.5, 0.6) is 0 Å². The maximum Gasteiger partial charge on any atom is 0.410 e. The summed E-state index contributed by atoms with van der Waals surface area (Å²) in [6.45, 7) is 20.0. The fourth-order valence-electron chi connectivity index (χ4n) is 5.81. The van der Waals surface area contributed by atoms with Crippen LogP contribution in [0.25, 0.3) is 0 Å². The molecule has 308 valence electrons. The van der Waals surface area contributed by atoms with E-state index >= 15 is 0 Å². The number of likely N-dealkylation sites (tertiary alicyclic amines) is 3. The number of aliphatic hydroxyl groups excluding tert-OH is 1. The number of nitrogens with zero attached hydrogens (tertiary/aromatic N) is 3. The molecule has 3 saturated heterocycles. The fraction of sp³-hybridized carbons (Fsp3) is 0.868. The number of alkyl halides is 1. The number of amides is 3. The van der Waals surface area contributed by atoms with Crippen LogP contribution in [0.4, 0.5) is 14.4 Å². The van der Waals surface area contributed by atoms with E-state index in [9.17, 15) is 29.1 Å². The summed E-state index contributed by atoms with van der Waals surface area (Å²) in [7, 11) is 0.552. The summed E-state index contributed by atoms with van der Waals surface area (Å²) in [4.78, 5) is 62.8. The number of aliphatic hydroxyl groups is 1. The highest BCUT2D eigenvalue weighted by molar-refractivity contribution is 7.95. The zero-order chi connectivity index (χ0) is 39.7. The third kappa shape index (κ3) is 18.3. The highest BCUT2D eigenvalue weighted by atomic mass is 127. The predicted octanol–water partition coefficient (Wildman–Crippen LogP) is 3.44. The standard InChI is InChI=1S/C12H21NO3.C12H19NO3.C10H17NO3.C4H10ClS.HI/c2*1-11(2,3)16-10(15)13-7-4-9(14)12(8-13)5-6-12;1-10(2,3)14-9(13)11-6-4-8(12)5-7-11;1-6(2)4-3-5;/h9,14H,4-8H2,1-3H3;4-8H2,1-3H3;4-7H2,1-3H3;3-4H2,1-2H3;1H/q;;;+1;/p-1. The smallest absolute Gasteiger partial charge is 0.410 e. The minimum absolute atomic E-state index is 0. The Labute approximate surface area is 343 Å². The van der Waals surface area contributed by atoms with Gasteiger partial charge in [-0.25, -0.2) is 14.4 Å². The largest absolute Gasteiger partial charge is 1.00 e. The van der Waals surface area contributed by atoms with Crippen LogP contribution in [0.1, 0.15) is 114 Å². The molecule has 12 nitrogen and oxygen atoms in total. The van der Waals surface area contributed by atoms with Crippen LogP contribution in [-0.4, -0.2) is 136 Å². The molecule has 0 aromatic carbocycles. The topological polar surface area (TPSA) is 143 Å². The van der Waals surface area contributed by atoms with Gasteiger partial charge in [0.2, 0.25) is 0 Å². The number of carbonyl (C=O) groups is 5. The van der Waals surface area contributed by atoms with Crippen LogP contribution in [0.15, 0.2) is 0 Å². The zero-order valence-electron chi connectivity index (χ0n) is 34.1. The monoisotopic (exact) mass is 903 g/mol. The van der Waals surface area contributed by atoms with Gasteiger partial charge in [-0.15, -0.1) is 11.6 Å². The van der Waals surface area contributed by atoms with E-state index in [1.54, 1.807) is 14.7 Å². The van der Waals surface area contributed by atoms with E-state index in [0.717, 1.165) is 31.6 Å². The third-order valence-corrected chi connectivity index (χ3v) is 10.5. The Morgan fingerprint density at radius 2 is 1.13 bits per heavy atom. The summed E-state index contributed by atoms with van der Waals surface area (Å²) in [5.41, 5.74) is -1.57. The van der Waals surface area contributed by atoms with Crippen molar-refractivity contribution in [1.29, 1.82) is 0 Å². The van der Waals surface area contributed by atoms with E-state index in [-0.39, 0.29) is 65.0 Å². The van der Waals surface area contributed by atoms with Crippen molar-refractivity contribution in [1.82, 2.24) is 14.7 Å². The molecule has 0 aromatic rings. The second-order valence-electron chi connectivity index (χ2n) is 17.8. The normalized spacial score (nSPS) is 21.5. The van der Waals surface area contributed by atoms with Crippen molar-refractivity contribution >= 4 is 52.3 Å². The highest BCUT2D eigenvalue weighted by Gasteiger charge is 2.54. The van der Waals surface area contributed by atoms with Crippen molar-refractivity contribution in [2.45, 2.75) is 137 Å². The number of hydrogen-bond donors (Lipinski definition) is 1. The Bertz CT molecular complexity index is 1230. The van der Waals surface area contributed by atoms with Crippen molar-refractivity contribution in [3.63, 3.8) is 0 Å². The van der Waals surface area contributed by atoms with E-state index < -0.39 is 16.8 Å². The molecular weight excluding hydrogens is 837 g/mol. The Kier molecular flexibility index (Phi) is 19.2. The van der Waals surface area contributed by atoms with Gasteiger partial charge < -0.3 is 58.0 Å². The number of halogens is 2. The second kappa shape index (κ2) is 20.6. The van der Waals surface area contributed by atoms with Crippen molar-refractivity contribution in [3.8, 4) is 0 Å². The van der Waals surface area contributed by atoms with Crippen LogP contribution >= 0.6 is 11.6 Å². The average molecular weight is 904 g/mol. The molecule has 3 heterocycles. The van der Waals surface area contributed by atoms with Gasteiger partial charge in [0.1, 0.15) is 34.1 Å². The lowest BCUT2D eigenvalue weighted by atomic mass is 9.92. The summed E-state index contributed by atoms with van der Waals surface area (Å²) >= 11 is 5.40. The van der Waals surface area contributed by atoms with Crippen LogP contribution in [0, 0.1) is 10.8 Å². The number of carbonyl (C=O) groups excluding carboxylic acids is 5. The van der Waals surface area contributed by atoms with Gasteiger partial charge >= 0.3 is 18.3 Å². The summed E-state index contributed by atoms with van der Waals surface area (Å²) in [5.74, 6) is 2.54. The van der Waals surface area contributed by atoms with Gasteiger partial charge in [0.15, 0.2) is 0 Å². The zero-order valence-corrected chi connectivity index (χ0v) is 37.8. The molecule has 2 aliphatic carbocycles. The van der Waals surface area contributed by atoms with Gasteiger partial charge in [0.05, 0.1) is 24.5 Å². The van der Waals surface area contributed by atoms with Crippen molar-refractivity contribution in [2.24, 2.45) is 10.8 Å². The molecule has 0 bridgehead atoms. The summed E-state index contributed by atoms with van der Waals surface area (Å²) < 4.78 is 15.8. The number of ether oxygens (including phenoxy) is 3. The van der Waals surface area contributed by atoms with E-state index in [0.29, 0.717) is 81.6 Å². The number of Topliss-reactive ketones (excluding diaryl/α,β-unsaturated/α-hetero) is 2. The van der Waals surface area contributed by atoms with Crippen LogP contribution in [-0.2, 0) is 34.7 Å². The molecule has 1 atom stereocenters. The van der Waals surface area contributed by atoms with Gasteiger partial charge in [-0.05, 0) is 105 Å². The highest BCUT2D eigenvalue weighted by Crippen LogP contribution is 2.52. The summed E-state index contributed by atoms with van der Waals surface area (Å²) in [5, 5.41) is 9.85. The first-order chi connectivity index (χ1) is 23.8. The molecule has 2 saturated carbocycles. The van der Waals surface area contributed by atoms with Gasteiger partial charge in [0, 0.05) is 69.4 Å². The first kappa shape index (κ1) is 49.5. The molecule has 5 fully saturated rings. The molecule has 1 unspecified atom stereocenters. The molecule has 0 radical (unpaired) electrons. The van der Waals surface area contributed by atoms with E-state index in [1.807, 2.05) is 62.3 Å². The molecule has 15 heteroatoms. The molecule has 3 aliphatic heterocycles. The fourth-order valence-corrected chi connectivity index (χ4v) is 7.04. The molecule has 53 heavy (non-hydrogen) atoms. The van der Waals surface area contributed by atoms with E-state index in [4.69, 9.17) is 25.8 Å². The lowest BCUT2D eigenvalue weighted by molar-refractivity contribution is -0.127. The number of hydrogen-bond acceptors (Lipinski definition) is 9. The van der Waals surface area contributed by atoms with Crippen LogP contribution in [0.3, 0.4) is 0 Å². The van der Waals surface area contributed by atoms with E-state index in [2.05, 4.69) is 12.5 Å². The van der Waals surface area contributed by atoms with Gasteiger partial charge in [-0.2, -0.15) is 0 Å². The van der Waals surface area contributed by atoms with Gasteiger partial charge in [-0.1, -0.05) is 0 Å². The number of piperidine rings is 3. The van der Waals surface area contributed by atoms with Gasteiger partial charge in [0.25, 0.3) is 0 Å². The Morgan fingerprint density at radius 1 is 0.717 bits per heavy atom. The Balaban J connectivity index is 0.000000367. The minimum Gasteiger partial charge on any atom is -1.00 e. The van der Waals surface area contributed by atoms with Crippen molar-refractivity contribution < 1.29 is 67.3 Å². The molecule has 2 spiro atoms. The molecule has 5 aliphatic rings. The average Bonchev–Trinajstić information content (AvgIpc) is 3.93. The SMILES string of the molecule is CC(C)(C)OC(=O)N1CCC(=O)C2(CC2)C1.CC(C)(C)OC(=O)N1CCC(=O)CC1.CC(C)(C)OC(=O)N1CCC(O)C2(CC2)C1.C[S+](C)CCCl.[I-]. The molecule has 1 N–H and O–H groups in total. The number of ketones is 2. The molecule has 0 aromatic heterocycles. The summed E-state index contributed by atoms with van der Waals surface area (Å²) in [6.07, 6.45) is 9.34. The summed E-state index contributed by atoms with van der Waals surface area (Å²) in [6, 6.07) is 0. The molecule has 5 rings (SSSR count). The minimum atomic E-state index is -0.463. The van der Waals surface area contributed by atoms with Crippen molar-refractivity contribution in [2.75, 3.05) is 63.4 Å². The van der Waals surface area contributed by atoms with Gasteiger partial charge in [-0.3, -0.25) is 9.59 Å². The lowest BCUT2D eigenvalue weighted by Gasteiger charge is -2.37. The van der Waals surface area contributed by atoms with Crippen LogP contribution in [0.2, 0.25) is 0 Å². The van der Waals surface area contributed by atoms with Crippen LogP contribution < -0.4 is 24.0 Å². The van der Waals surface area contributed by atoms with Crippen molar-refractivity contribution in [3.05, 3.63) is 0 Å². The first-order valence-electron chi connectivity index (χ1n) is 18.6. The Morgan fingerprint density at radius 3 is 1.49 bits per heavy atom. The first-order valence-corrected chi connectivity index (χ1v) is 21.3. The van der Waals surface area contributed by atoms with E-state index in [1.165, 1.54) is 5.75 Å². The maximum atomic E-state index is 11.9. The molecule has 3 amide bonds. The predicted molar refractivity (Wildman–Crippen MR) is 206 cm³/mol. The Hall–Kier alpha value is -1.52. The second-order valence-corrected chi connectivity index (χ2v) is 20.6. The third-order valence-electron chi connectivity index (χ3n) is 9.09. The number of rotatable bonds is 2. The molecular formula is C38H67ClIN3O9S. The quantitative estimate of drug-likeness (QED) is 0.191. The maximum absolute atomic E-state index is 11.9. The lowest BCUT2D eigenvalue weighted by Crippen LogP contribution is -3.00.